The molecule has 0 radical (unpaired) electrons. The molecule has 0 bridgehead atoms. The zero-order valence-corrected chi connectivity index (χ0v) is 20.6. The summed E-state index contributed by atoms with van der Waals surface area (Å²) in [6.45, 7) is -0.568. The van der Waals surface area contributed by atoms with Crippen LogP contribution < -0.4 is 14.3 Å². The van der Waals surface area contributed by atoms with Crippen LogP contribution in [-0.2, 0) is 24.8 Å². The van der Waals surface area contributed by atoms with E-state index in [-0.39, 0.29) is 32.0 Å². The van der Waals surface area contributed by atoms with Crippen molar-refractivity contribution in [1.82, 2.24) is 0 Å². The molecular weight excluding hydrogens is 528 g/mol. The summed E-state index contributed by atoms with van der Waals surface area (Å²) in [4.78, 5) is 12.4. The number of carbonyl (C=O) groups excluding carboxylic acids is 1. The van der Waals surface area contributed by atoms with Gasteiger partial charge in [0, 0.05) is 21.4 Å². The SMILES string of the molecule is CS(=O)(=O)N(CC(=O)Nc1ccc(S(=O)(=O)Nc2ccc(F)cc2)cc1)c1cc(Cl)cc(Cl)c1. The molecule has 0 saturated heterocycles. The summed E-state index contributed by atoms with van der Waals surface area (Å²) in [6, 6.07) is 14.1. The van der Waals surface area contributed by atoms with Gasteiger partial charge >= 0.3 is 0 Å². The van der Waals surface area contributed by atoms with Gasteiger partial charge in [0.2, 0.25) is 15.9 Å². The predicted molar refractivity (Wildman–Crippen MR) is 131 cm³/mol. The molecule has 0 aliphatic heterocycles. The third-order valence-electron chi connectivity index (χ3n) is 4.37. The number of hydrogen-bond acceptors (Lipinski definition) is 5. The highest BCUT2D eigenvalue weighted by atomic mass is 35.5. The maximum absolute atomic E-state index is 13.0. The first kappa shape index (κ1) is 25.8. The number of benzene rings is 3. The second-order valence-corrected chi connectivity index (χ2v) is 11.5. The lowest BCUT2D eigenvalue weighted by Crippen LogP contribution is -2.37. The second kappa shape index (κ2) is 10.2. The molecule has 180 valence electrons. The molecule has 3 aromatic carbocycles. The summed E-state index contributed by atoms with van der Waals surface area (Å²) >= 11 is 11.9. The fraction of sp³-hybridized carbons (Fsp3) is 0.0952. The Morgan fingerprint density at radius 3 is 1.94 bits per heavy atom. The number of amides is 1. The van der Waals surface area contributed by atoms with E-state index < -0.39 is 38.3 Å². The van der Waals surface area contributed by atoms with Gasteiger partial charge in [-0.05, 0) is 66.7 Å². The number of halogens is 3. The summed E-state index contributed by atoms with van der Waals surface area (Å²) in [5.41, 5.74) is 0.535. The molecule has 0 fully saturated rings. The van der Waals surface area contributed by atoms with Gasteiger partial charge in [-0.1, -0.05) is 23.2 Å². The zero-order valence-electron chi connectivity index (χ0n) is 17.5. The van der Waals surface area contributed by atoms with E-state index in [1.807, 2.05) is 0 Å². The van der Waals surface area contributed by atoms with Crippen LogP contribution in [0.5, 0.6) is 0 Å². The Morgan fingerprint density at radius 1 is 0.882 bits per heavy atom. The van der Waals surface area contributed by atoms with E-state index in [0.29, 0.717) is 0 Å². The molecule has 0 spiro atoms. The number of nitrogens with one attached hydrogen (secondary N) is 2. The first-order chi connectivity index (χ1) is 15.8. The van der Waals surface area contributed by atoms with Crippen LogP contribution in [0.15, 0.2) is 71.6 Å². The van der Waals surface area contributed by atoms with Crippen molar-refractivity contribution in [3.05, 3.63) is 82.6 Å². The quantitative estimate of drug-likeness (QED) is 0.437. The third-order valence-corrected chi connectivity index (χ3v) is 7.34. The van der Waals surface area contributed by atoms with E-state index in [2.05, 4.69) is 10.0 Å². The number of hydrogen-bond donors (Lipinski definition) is 2. The predicted octanol–water partition coefficient (Wildman–Crippen LogP) is 4.34. The highest BCUT2D eigenvalue weighted by molar-refractivity contribution is 7.92. The Balaban J connectivity index is 1.72. The number of nitrogens with zero attached hydrogens (tertiary/aromatic N) is 1. The van der Waals surface area contributed by atoms with Crippen molar-refractivity contribution in [3.8, 4) is 0 Å². The Bertz CT molecular complexity index is 1400. The van der Waals surface area contributed by atoms with Gasteiger partial charge in [-0.15, -0.1) is 0 Å². The van der Waals surface area contributed by atoms with Crippen molar-refractivity contribution in [3.63, 3.8) is 0 Å². The first-order valence-corrected chi connectivity index (χ1v) is 13.5. The third kappa shape index (κ3) is 6.83. The molecule has 0 heterocycles. The van der Waals surface area contributed by atoms with E-state index in [4.69, 9.17) is 23.2 Å². The smallest absolute Gasteiger partial charge is 0.261 e. The molecular formula is C21H18Cl2FN3O5S2. The molecule has 34 heavy (non-hydrogen) atoms. The lowest BCUT2D eigenvalue weighted by atomic mass is 10.3. The molecule has 0 saturated carbocycles. The van der Waals surface area contributed by atoms with Gasteiger partial charge < -0.3 is 5.32 Å². The highest BCUT2D eigenvalue weighted by Crippen LogP contribution is 2.27. The monoisotopic (exact) mass is 545 g/mol. The topological polar surface area (TPSA) is 113 Å². The summed E-state index contributed by atoms with van der Waals surface area (Å²) in [5.74, 6) is -1.18. The maximum Gasteiger partial charge on any atom is 0.261 e. The molecule has 2 N–H and O–H groups in total. The number of carbonyl (C=O) groups is 1. The summed E-state index contributed by atoms with van der Waals surface area (Å²) in [6.07, 6.45) is 0.933. The lowest BCUT2D eigenvalue weighted by Gasteiger charge is -2.22. The van der Waals surface area contributed by atoms with E-state index in [0.717, 1.165) is 22.7 Å². The molecule has 0 atom stereocenters. The van der Waals surface area contributed by atoms with Crippen molar-refractivity contribution in [2.75, 3.05) is 27.1 Å². The van der Waals surface area contributed by atoms with E-state index in [1.54, 1.807) is 0 Å². The number of anilines is 3. The molecule has 1 amide bonds. The zero-order chi connectivity index (χ0) is 25.1. The first-order valence-electron chi connectivity index (χ1n) is 9.45. The Labute approximate surface area is 206 Å². The average molecular weight is 546 g/mol. The van der Waals surface area contributed by atoms with Gasteiger partial charge in [0.1, 0.15) is 12.4 Å². The Morgan fingerprint density at radius 2 is 1.41 bits per heavy atom. The molecule has 0 unspecified atom stereocenters. The molecule has 13 heteroatoms. The van der Waals surface area contributed by atoms with Crippen LogP contribution in [0.25, 0.3) is 0 Å². The lowest BCUT2D eigenvalue weighted by molar-refractivity contribution is -0.114. The Kier molecular flexibility index (Phi) is 7.71. The molecule has 3 aromatic rings. The molecule has 0 aliphatic carbocycles. The fourth-order valence-electron chi connectivity index (χ4n) is 2.86. The largest absolute Gasteiger partial charge is 0.325 e. The van der Waals surface area contributed by atoms with Gasteiger partial charge in [0.05, 0.1) is 16.8 Å². The van der Waals surface area contributed by atoms with Crippen LogP contribution in [0.1, 0.15) is 0 Å². The molecule has 0 aliphatic rings. The van der Waals surface area contributed by atoms with Gasteiger partial charge in [-0.25, -0.2) is 21.2 Å². The minimum absolute atomic E-state index is 0.0962. The second-order valence-electron chi connectivity index (χ2n) is 7.08. The summed E-state index contributed by atoms with van der Waals surface area (Å²) in [7, 11) is -7.80. The van der Waals surface area contributed by atoms with Crippen molar-refractivity contribution < 1.29 is 26.0 Å². The van der Waals surface area contributed by atoms with Crippen LogP contribution in [0.2, 0.25) is 10.0 Å². The van der Waals surface area contributed by atoms with Gasteiger partial charge in [-0.2, -0.15) is 0 Å². The summed E-state index contributed by atoms with van der Waals surface area (Å²) in [5, 5.41) is 2.90. The highest BCUT2D eigenvalue weighted by Gasteiger charge is 2.22. The van der Waals surface area contributed by atoms with Crippen LogP contribution in [0.3, 0.4) is 0 Å². The van der Waals surface area contributed by atoms with E-state index in [1.165, 1.54) is 54.6 Å². The average Bonchev–Trinajstić information content (AvgIpc) is 2.72. The van der Waals surface area contributed by atoms with Gasteiger partial charge in [0.25, 0.3) is 10.0 Å². The van der Waals surface area contributed by atoms with Crippen LogP contribution in [0.4, 0.5) is 21.5 Å². The van der Waals surface area contributed by atoms with Crippen molar-refractivity contribution in [1.29, 1.82) is 0 Å². The molecule has 3 rings (SSSR count). The standard InChI is InChI=1S/C21H18Cl2FN3O5S2/c1-33(29,30)27(19-11-14(22)10-15(23)12-19)13-21(28)25-17-6-8-20(9-7-17)34(31,32)26-18-4-2-16(24)3-5-18/h2-12,26H,13H2,1H3,(H,25,28). The van der Waals surface area contributed by atoms with Crippen LogP contribution >= 0.6 is 23.2 Å². The van der Waals surface area contributed by atoms with Crippen molar-refractivity contribution >= 4 is 66.2 Å². The minimum atomic E-state index is -3.95. The minimum Gasteiger partial charge on any atom is -0.325 e. The van der Waals surface area contributed by atoms with E-state index in [9.17, 15) is 26.0 Å². The van der Waals surface area contributed by atoms with E-state index >= 15 is 0 Å². The maximum atomic E-state index is 13.0. The Hall–Kier alpha value is -2.86. The number of sulfonamides is 2. The normalized spacial score (nSPS) is 11.6. The van der Waals surface area contributed by atoms with Crippen LogP contribution in [-0.4, -0.2) is 35.5 Å². The number of rotatable bonds is 8. The molecule has 8 nitrogen and oxygen atoms in total. The fourth-order valence-corrected chi connectivity index (χ4v) is 5.28. The van der Waals surface area contributed by atoms with Gasteiger partial charge in [0.15, 0.2) is 0 Å². The molecule has 0 aromatic heterocycles. The summed E-state index contributed by atoms with van der Waals surface area (Å²) < 4.78 is 65.6. The van der Waals surface area contributed by atoms with Gasteiger partial charge in [-0.3, -0.25) is 13.8 Å². The van der Waals surface area contributed by atoms with Crippen LogP contribution in [0, 0.1) is 5.82 Å². The van der Waals surface area contributed by atoms with Crippen molar-refractivity contribution in [2.24, 2.45) is 0 Å². The van der Waals surface area contributed by atoms with Crippen molar-refractivity contribution in [2.45, 2.75) is 4.90 Å².